The SMILES string of the molecule is CCC(CC)CN(CC)C(=O)c1ccc(S(=O)(=O)NC(C)(C)C)cc1. The van der Waals surface area contributed by atoms with Gasteiger partial charge in [0.1, 0.15) is 0 Å². The molecule has 0 aliphatic heterocycles. The predicted molar refractivity (Wildman–Crippen MR) is 102 cm³/mol. The zero-order valence-corrected chi connectivity index (χ0v) is 17.1. The summed E-state index contributed by atoms with van der Waals surface area (Å²) in [6, 6.07) is 6.17. The van der Waals surface area contributed by atoms with Crippen LogP contribution in [0.25, 0.3) is 0 Å². The van der Waals surface area contributed by atoms with Crippen LogP contribution in [0.2, 0.25) is 0 Å². The summed E-state index contributed by atoms with van der Waals surface area (Å²) in [6.07, 6.45) is 2.08. The van der Waals surface area contributed by atoms with Gasteiger partial charge in [-0.2, -0.15) is 0 Å². The first kappa shape index (κ1) is 21.6. The number of amides is 1. The molecule has 1 rings (SSSR count). The molecule has 0 fully saturated rings. The number of hydrogen-bond donors (Lipinski definition) is 1. The molecule has 1 aromatic carbocycles. The van der Waals surface area contributed by atoms with Crippen molar-refractivity contribution in [2.24, 2.45) is 5.92 Å². The van der Waals surface area contributed by atoms with Crippen LogP contribution in [0.5, 0.6) is 0 Å². The molecule has 0 saturated carbocycles. The average molecular weight is 369 g/mol. The van der Waals surface area contributed by atoms with Crippen molar-refractivity contribution in [3.8, 4) is 0 Å². The highest BCUT2D eigenvalue weighted by molar-refractivity contribution is 7.89. The number of benzene rings is 1. The van der Waals surface area contributed by atoms with E-state index in [-0.39, 0.29) is 10.8 Å². The summed E-state index contributed by atoms with van der Waals surface area (Å²) in [7, 11) is -3.59. The lowest BCUT2D eigenvalue weighted by atomic mass is 10.0. The Morgan fingerprint density at radius 1 is 1.08 bits per heavy atom. The van der Waals surface area contributed by atoms with Gasteiger partial charge in [0.05, 0.1) is 4.90 Å². The Morgan fingerprint density at radius 2 is 1.60 bits per heavy atom. The minimum absolute atomic E-state index is 0.0536. The van der Waals surface area contributed by atoms with Gasteiger partial charge < -0.3 is 4.90 Å². The van der Waals surface area contributed by atoms with Crippen molar-refractivity contribution in [3.63, 3.8) is 0 Å². The first-order chi connectivity index (χ1) is 11.5. The Hall–Kier alpha value is -1.40. The summed E-state index contributed by atoms with van der Waals surface area (Å²) in [5.74, 6) is 0.432. The number of nitrogens with one attached hydrogen (secondary N) is 1. The third-order valence-electron chi connectivity index (χ3n) is 4.15. The molecular formula is C19H32N2O3S. The molecule has 25 heavy (non-hydrogen) atoms. The number of nitrogens with zero attached hydrogens (tertiary/aromatic N) is 1. The quantitative estimate of drug-likeness (QED) is 0.761. The summed E-state index contributed by atoms with van der Waals surface area (Å²) in [6.45, 7) is 13.0. The van der Waals surface area contributed by atoms with Crippen LogP contribution in [0.3, 0.4) is 0 Å². The zero-order chi connectivity index (χ0) is 19.3. The average Bonchev–Trinajstić information content (AvgIpc) is 2.53. The Kier molecular flexibility index (Phi) is 7.62. The van der Waals surface area contributed by atoms with E-state index < -0.39 is 15.6 Å². The number of rotatable bonds is 8. The summed E-state index contributed by atoms with van der Waals surface area (Å²) in [5, 5.41) is 0. The van der Waals surface area contributed by atoms with Crippen molar-refractivity contribution in [2.75, 3.05) is 13.1 Å². The topological polar surface area (TPSA) is 66.5 Å². The summed E-state index contributed by atoms with van der Waals surface area (Å²) < 4.78 is 27.3. The van der Waals surface area contributed by atoms with E-state index in [9.17, 15) is 13.2 Å². The molecule has 1 N–H and O–H groups in total. The van der Waals surface area contributed by atoms with Gasteiger partial charge in [0, 0.05) is 24.2 Å². The number of carbonyl (C=O) groups is 1. The highest BCUT2D eigenvalue weighted by Gasteiger charge is 2.23. The minimum atomic E-state index is -3.59. The lowest BCUT2D eigenvalue weighted by molar-refractivity contribution is 0.0735. The standard InChI is InChI=1S/C19H32N2O3S/c1-7-15(8-2)14-21(9-3)18(22)16-10-12-17(13-11-16)25(23,24)20-19(4,5)6/h10-13,15,20H,7-9,14H2,1-6H3. The molecule has 0 aromatic heterocycles. The molecule has 1 amide bonds. The van der Waals surface area contributed by atoms with E-state index in [0.717, 1.165) is 19.4 Å². The van der Waals surface area contributed by atoms with E-state index in [0.29, 0.717) is 18.0 Å². The summed E-state index contributed by atoms with van der Waals surface area (Å²) in [4.78, 5) is 14.7. The first-order valence-corrected chi connectivity index (χ1v) is 10.5. The second-order valence-corrected chi connectivity index (χ2v) is 9.09. The van der Waals surface area contributed by atoms with Crippen molar-refractivity contribution >= 4 is 15.9 Å². The van der Waals surface area contributed by atoms with E-state index in [2.05, 4.69) is 18.6 Å². The predicted octanol–water partition coefficient (Wildman–Crippen LogP) is 3.66. The van der Waals surface area contributed by atoms with E-state index in [1.807, 2.05) is 11.8 Å². The van der Waals surface area contributed by atoms with Crippen molar-refractivity contribution in [1.29, 1.82) is 0 Å². The molecule has 142 valence electrons. The summed E-state index contributed by atoms with van der Waals surface area (Å²) >= 11 is 0. The lowest BCUT2D eigenvalue weighted by Gasteiger charge is -2.25. The van der Waals surface area contributed by atoms with Gasteiger partial charge in [0.25, 0.3) is 5.91 Å². The van der Waals surface area contributed by atoms with Crippen LogP contribution >= 0.6 is 0 Å². The molecule has 0 heterocycles. The van der Waals surface area contributed by atoms with Crippen LogP contribution in [0.4, 0.5) is 0 Å². The van der Waals surface area contributed by atoms with Gasteiger partial charge in [-0.15, -0.1) is 0 Å². The molecule has 0 spiro atoms. The molecule has 0 unspecified atom stereocenters. The minimum Gasteiger partial charge on any atom is -0.339 e. The Balaban J connectivity index is 2.96. The van der Waals surface area contributed by atoms with Crippen LogP contribution < -0.4 is 4.72 Å². The summed E-state index contributed by atoms with van der Waals surface area (Å²) in [5.41, 5.74) is -0.0377. The second kappa shape index (κ2) is 8.81. The third kappa shape index (κ3) is 6.44. The van der Waals surface area contributed by atoms with E-state index in [4.69, 9.17) is 0 Å². The number of hydrogen-bond acceptors (Lipinski definition) is 3. The smallest absolute Gasteiger partial charge is 0.253 e. The van der Waals surface area contributed by atoms with E-state index in [1.165, 1.54) is 12.1 Å². The molecule has 1 aromatic rings. The Bertz CT molecular complexity index is 657. The number of carbonyl (C=O) groups excluding carboxylic acids is 1. The largest absolute Gasteiger partial charge is 0.339 e. The van der Waals surface area contributed by atoms with Crippen molar-refractivity contribution < 1.29 is 13.2 Å². The normalized spacial score (nSPS) is 12.4. The third-order valence-corrected chi connectivity index (χ3v) is 5.93. The van der Waals surface area contributed by atoms with Gasteiger partial charge in [-0.3, -0.25) is 4.79 Å². The molecule has 0 bridgehead atoms. The van der Waals surface area contributed by atoms with Gasteiger partial charge >= 0.3 is 0 Å². The highest BCUT2D eigenvalue weighted by Crippen LogP contribution is 2.16. The molecule has 0 atom stereocenters. The molecule has 5 nitrogen and oxygen atoms in total. The van der Waals surface area contributed by atoms with Crippen molar-refractivity contribution in [1.82, 2.24) is 9.62 Å². The highest BCUT2D eigenvalue weighted by atomic mass is 32.2. The fourth-order valence-electron chi connectivity index (χ4n) is 2.64. The van der Waals surface area contributed by atoms with Crippen LogP contribution in [0.1, 0.15) is 64.7 Å². The van der Waals surface area contributed by atoms with Crippen LogP contribution in [-0.4, -0.2) is 37.9 Å². The van der Waals surface area contributed by atoms with Gasteiger partial charge in [0.2, 0.25) is 10.0 Å². The second-order valence-electron chi connectivity index (χ2n) is 7.41. The first-order valence-electron chi connectivity index (χ1n) is 8.97. The van der Waals surface area contributed by atoms with Gasteiger partial charge in [0.15, 0.2) is 0 Å². The van der Waals surface area contributed by atoms with Crippen LogP contribution in [0, 0.1) is 5.92 Å². The van der Waals surface area contributed by atoms with Crippen molar-refractivity contribution in [3.05, 3.63) is 29.8 Å². The van der Waals surface area contributed by atoms with E-state index in [1.54, 1.807) is 32.9 Å². The Labute approximate surface area is 152 Å². The maximum atomic E-state index is 12.7. The maximum absolute atomic E-state index is 12.7. The van der Waals surface area contributed by atoms with Crippen molar-refractivity contribution in [2.45, 2.75) is 64.8 Å². The molecule has 0 aliphatic rings. The van der Waals surface area contributed by atoms with Gasteiger partial charge in [-0.25, -0.2) is 13.1 Å². The fraction of sp³-hybridized carbons (Fsp3) is 0.632. The number of sulfonamides is 1. The van der Waals surface area contributed by atoms with Crippen LogP contribution in [0.15, 0.2) is 29.2 Å². The molecule has 0 radical (unpaired) electrons. The van der Waals surface area contributed by atoms with Crippen LogP contribution in [-0.2, 0) is 10.0 Å². The van der Waals surface area contributed by atoms with Gasteiger partial charge in [-0.05, 0) is 57.9 Å². The lowest BCUT2D eigenvalue weighted by Crippen LogP contribution is -2.40. The maximum Gasteiger partial charge on any atom is 0.253 e. The zero-order valence-electron chi connectivity index (χ0n) is 16.3. The molecule has 0 saturated heterocycles. The monoisotopic (exact) mass is 368 g/mol. The molecule has 6 heteroatoms. The van der Waals surface area contributed by atoms with E-state index >= 15 is 0 Å². The molecule has 0 aliphatic carbocycles. The molecular weight excluding hydrogens is 336 g/mol. The Morgan fingerprint density at radius 3 is 2.00 bits per heavy atom. The fourth-order valence-corrected chi connectivity index (χ4v) is 4.05. The van der Waals surface area contributed by atoms with Gasteiger partial charge in [-0.1, -0.05) is 26.7 Å².